The van der Waals surface area contributed by atoms with E-state index in [2.05, 4.69) is 34.3 Å². The predicted octanol–water partition coefficient (Wildman–Crippen LogP) is 4.58. The molecule has 1 aromatic heterocycles. The molecule has 0 aliphatic rings. The predicted molar refractivity (Wildman–Crippen MR) is 90.2 cm³/mol. The lowest BCUT2D eigenvalue weighted by Crippen LogP contribution is -1.99. The Morgan fingerprint density at radius 2 is 1.81 bits per heavy atom. The molecule has 3 nitrogen and oxygen atoms in total. The van der Waals surface area contributed by atoms with Crippen LogP contribution in [0, 0.1) is 0 Å². The van der Waals surface area contributed by atoms with Gasteiger partial charge in [0.15, 0.2) is 0 Å². The number of aromatic nitrogens is 1. The van der Waals surface area contributed by atoms with Crippen LogP contribution in [0.25, 0.3) is 10.9 Å². The summed E-state index contributed by atoms with van der Waals surface area (Å²) in [5.41, 5.74) is 3.07. The molecule has 3 aromatic rings. The van der Waals surface area contributed by atoms with Gasteiger partial charge in [0.25, 0.3) is 0 Å². The molecule has 2 aromatic carbocycles. The van der Waals surface area contributed by atoms with Gasteiger partial charge in [-0.3, -0.25) is 0 Å². The molecule has 2 N–H and O–H groups in total. The molecule has 0 aliphatic carbocycles. The number of para-hydroxylation sites is 1. The lowest BCUT2D eigenvalue weighted by Gasteiger charge is -2.10. The van der Waals surface area contributed by atoms with Crippen molar-refractivity contribution in [2.75, 3.05) is 17.2 Å². The second kappa shape index (κ2) is 6.09. The van der Waals surface area contributed by atoms with E-state index in [-0.39, 0.29) is 0 Å². The summed E-state index contributed by atoms with van der Waals surface area (Å²) in [6, 6.07) is 20.2. The molecule has 0 saturated heterocycles. The van der Waals surface area contributed by atoms with Crippen LogP contribution in [-0.2, 0) is 0 Å². The van der Waals surface area contributed by atoms with Gasteiger partial charge in [-0.2, -0.15) is 0 Å². The Kier molecular flexibility index (Phi) is 3.83. The Labute approximate surface area is 124 Å². The first-order valence-corrected chi connectivity index (χ1v) is 6.93. The monoisotopic (exact) mass is 275 g/mol. The summed E-state index contributed by atoms with van der Waals surface area (Å²) in [4.78, 5) is 4.66. The zero-order chi connectivity index (χ0) is 14.5. The van der Waals surface area contributed by atoms with Crippen LogP contribution in [0.4, 0.5) is 17.2 Å². The fourth-order valence-electron chi connectivity index (χ4n) is 2.23. The third-order valence-corrected chi connectivity index (χ3v) is 3.21. The van der Waals surface area contributed by atoms with Gasteiger partial charge < -0.3 is 10.6 Å². The van der Waals surface area contributed by atoms with Crippen LogP contribution in [0.15, 0.2) is 73.3 Å². The van der Waals surface area contributed by atoms with Crippen molar-refractivity contribution in [1.29, 1.82) is 0 Å². The molecule has 0 aliphatic heterocycles. The van der Waals surface area contributed by atoms with Crippen molar-refractivity contribution in [3.05, 3.63) is 73.3 Å². The third-order valence-electron chi connectivity index (χ3n) is 3.21. The minimum Gasteiger partial charge on any atom is -0.381 e. The van der Waals surface area contributed by atoms with Crippen molar-refractivity contribution >= 4 is 28.1 Å². The van der Waals surface area contributed by atoms with Crippen molar-refractivity contribution < 1.29 is 0 Å². The average Bonchev–Trinajstić information content (AvgIpc) is 2.53. The summed E-state index contributed by atoms with van der Waals surface area (Å²) >= 11 is 0. The topological polar surface area (TPSA) is 37.0 Å². The van der Waals surface area contributed by atoms with Gasteiger partial charge in [-0.15, -0.1) is 6.58 Å². The van der Waals surface area contributed by atoms with E-state index in [0.717, 1.165) is 34.6 Å². The van der Waals surface area contributed by atoms with E-state index < -0.39 is 0 Å². The highest BCUT2D eigenvalue weighted by molar-refractivity contribution is 5.92. The number of hydrogen-bond donors (Lipinski definition) is 2. The van der Waals surface area contributed by atoms with E-state index in [9.17, 15) is 0 Å². The molecule has 0 bridgehead atoms. The molecule has 0 atom stereocenters. The van der Waals surface area contributed by atoms with Gasteiger partial charge in [0.1, 0.15) is 5.82 Å². The van der Waals surface area contributed by atoms with Crippen molar-refractivity contribution in [1.82, 2.24) is 4.98 Å². The Morgan fingerprint density at radius 1 is 0.952 bits per heavy atom. The van der Waals surface area contributed by atoms with E-state index >= 15 is 0 Å². The number of anilines is 3. The van der Waals surface area contributed by atoms with Crippen LogP contribution in [-0.4, -0.2) is 11.5 Å². The van der Waals surface area contributed by atoms with Gasteiger partial charge in [-0.25, -0.2) is 4.98 Å². The molecule has 104 valence electrons. The molecule has 3 heteroatoms. The molecule has 0 fully saturated rings. The third kappa shape index (κ3) is 3.03. The van der Waals surface area contributed by atoms with Gasteiger partial charge in [0, 0.05) is 23.3 Å². The van der Waals surface area contributed by atoms with Crippen molar-refractivity contribution in [3.63, 3.8) is 0 Å². The maximum absolute atomic E-state index is 4.66. The van der Waals surface area contributed by atoms with E-state index in [1.807, 2.05) is 54.6 Å². The molecule has 0 spiro atoms. The van der Waals surface area contributed by atoms with Gasteiger partial charge in [-0.1, -0.05) is 30.3 Å². The van der Waals surface area contributed by atoms with Crippen molar-refractivity contribution in [2.24, 2.45) is 0 Å². The number of hydrogen-bond acceptors (Lipinski definition) is 3. The van der Waals surface area contributed by atoms with Crippen molar-refractivity contribution in [2.45, 2.75) is 0 Å². The van der Waals surface area contributed by atoms with E-state index in [0.29, 0.717) is 0 Å². The van der Waals surface area contributed by atoms with E-state index in [1.54, 1.807) is 0 Å². The molecule has 0 saturated carbocycles. The zero-order valence-corrected chi connectivity index (χ0v) is 11.7. The molecule has 21 heavy (non-hydrogen) atoms. The summed E-state index contributed by atoms with van der Waals surface area (Å²) in [6.07, 6.45) is 1.84. The molecule has 0 amide bonds. The van der Waals surface area contributed by atoms with Crippen LogP contribution in [0.2, 0.25) is 0 Å². The largest absolute Gasteiger partial charge is 0.381 e. The Hall–Kier alpha value is -2.81. The van der Waals surface area contributed by atoms with Crippen LogP contribution in [0.5, 0.6) is 0 Å². The average molecular weight is 275 g/mol. The number of benzene rings is 2. The van der Waals surface area contributed by atoms with Crippen molar-refractivity contribution in [3.8, 4) is 0 Å². The zero-order valence-electron chi connectivity index (χ0n) is 11.7. The van der Waals surface area contributed by atoms with Crippen LogP contribution < -0.4 is 10.6 Å². The van der Waals surface area contributed by atoms with Crippen LogP contribution in [0.3, 0.4) is 0 Å². The fourth-order valence-corrected chi connectivity index (χ4v) is 2.23. The second-order valence-electron chi connectivity index (χ2n) is 4.73. The summed E-state index contributed by atoms with van der Waals surface area (Å²) in [7, 11) is 0. The highest BCUT2D eigenvalue weighted by atomic mass is 15.0. The number of nitrogens with zero attached hydrogens (tertiary/aromatic N) is 1. The molecule has 1 heterocycles. The second-order valence-corrected chi connectivity index (χ2v) is 4.73. The maximum Gasteiger partial charge on any atom is 0.131 e. The first-order chi connectivity index (χ1) is 10.4. The quantitative estimate of drug-likeness (QED) is 0.669. The summed E-state index contributed by atoms with van der Waals surface area (Å²) < 4.78 is 0. The molecular weight excluding hydrogens is 258 g/mol. The first-order valence-electron chi connectivity index (χ1n) is 6.93. The van der Waals surface area contributed by atoms with Gasteiger partial charge >= 0.3 is 0 Å². The fraction of sp³-hybridized carbons (Fsp3) is 0.0556. The maximum atomic E-state index is 4.66. The number of pyridine rings is 1. The van der Waals surface area contributed by atoms with Gasteiger partial charge in [0.05, 0.1) is 5.52 Å². The Balaban J connectivity index is 1.92. The summed E-state index contributed by atoms with van der Waals surface area (Å²) in [5, 5.41) is 7.75. The van der Waals surface area contributed by atoms with Crippen LogP contribution in [0.1, 0.15) is 0 Å². The van der Waals surface area contributed by atoms with Gasteiger partial charge in [0.2, 0.25) is 0 Å². The number of fused-ring (bicyclic) bond motifs is 1. The number of nitrogens with one attached hydrogen (secondary N) is 2. The smallest absolute Gasteiger partial charge is 0.131 e. The lowest BCUT2D eigenvalue weighted by atomic mass is 10.1. The van der Waals surface area contributed by atoms with E-state index in [1.165, 1.54) is 0 Å². The molecule has 0 radical (unpaired) electrons. The SMILES string of the molecule is C=CCNc1cccc2nc(Nc3ccccc3)ccc12. The highest BCUT2D eigenvalue weighted by Crippen LogP contribution is 2.24. The van der Waals surface area contributed by atoms with E-state index in [4.69, 9.17) is 0 Å². The Bertz CT molecular complexity index is 751. The number of rotatable bonds is 5. The lowest BCUT2D eigenvalue weighted by molar-refractivity contribution is 1.34. The summed E-state index contributed by atoms with van der Waals surface area (Å²) in [5.74, 6) is 0.842. The standard InChI is InChI=1S/C18H17N3/c1-2-13-19-16-9-6-10-17-15(16)11-12-18(21-17)20-14-7-4-3-5-8-14/h2-12,19H,1,13H2,(H,20,21). The molecular formula is C18H17N3. The minimum atomic E-state index is 0.739. The van der Waals surface area contributed by atoms with Crippen LogP contribution >= 0.6 is 0 Å². The molecule has 0 unspecified atom stereocenters. The highest BCUT2D eigenvalue weighted by Gasteiger charge is 2.03. The molecule has 3 rings (SSSR count). The first kappa shape index (κ1) is 13.2. The van der Waals surface area contributed by atoms with Gasteiger partial charge in [-0.05, 0) is 36.4 Å². The normalized spacial score (nSPS) is 10.3. The summed E-state index contributed by atoms with van der Waals surface area (Å²) in [6.45, 7) is 4.47. The minimum absolute atomic E-state index is 0.739. The Morgan fingerprint density at radius 3 is 2.62 bits per heavy atom.